The van der Waals surface area contributed by atoms with Gasteiger partial charge in [0.05, 0.1) is 15.6 Å². The van der Waals surface area contributed by atoms with E-state index < -0.39 is 0 Å². The lowest BCUT2D eigenvalue weighted by Crippen LogP contribution is -1.98. The Morgan fingerprint density at radius 1 is 1.07 bits per heavy atom. The minimum atomic E-state index is -0.147. The van der Waals surface area contributed by atoms with Gasteiger partial charge in [-0.1, -0.05) is 29.3 Å². The Kier molecular flexibility index (Phi) is 5.07. The van der Waals surface area contributed by atoms with Crippen LogP contribution < -0.4 is 9.47 Å². The average Bonchev–Trinajstić information content (AvgIpc) is 3.01. The van der Waals surface area contributed by atoms with Crippen molar-refractivity contribution in [2.75, 3.05) is 0 Å². The molecule has 3 aromatic rings. The molecule has 1 aliphatic rings. The molecule has 2 aromatic carbocycles. The quantitative estimate of drug-likeness (QED) is 0.502. The summed E-state index contributed by atoms with van der Waals surface area (Å²) in [6.07, 6.45) is 5.04. The molecule has 0 aliphatic carbocycles. The third-order valence-corrected chi connectivity index (χ3v) is 5.16. The summed E-state index contributed by atoms with van der Waals surface area (Å²) in [7, 11) is 0. The van der Waals surface area contributed by atoms with Gasteiger partial charge in [0.2, 0.25) is 5.78 Å². The number of Topliss-reactive ketones (excluding diaryl/α,β-unsaturated/α-hetero) is 1. The number of pyridine rings is 1. The van der Waals surface area contributed by atoms with Crippen LogP contribution in [0.2, 0.25) is 10.0 Å². The van der Waals surface area contributed by atoms with E-state index in [1.54, 1.807) is 42.7 Å². The second-order valence-corrected chi connectivity index (χ2v) is 7.14. The first kappa shape index (κ1) is 18.5. The van der Waals surface area contributed by atoms with Gasteiger partial charge < -0.3 is 9.47 Å². The van der Waals surface area contributed by atoms with Gasteiger partial charge in [-0.2, -0.15) is 0 Å². The van der Waals surface area contributed by atoms with Crippen LogP contribution in [0.4, 0.5) is 0 Å². The van der Waals surface area contributed by atoms with Gasteiger partial charge in [-0.05, 0) is 60.5 Å². The Morgan fingerprint density at radius 2 is 1.86 bits per heavy atom. The number of ether oxygens (including phenoxy) is 2. The average molecular weight is 412 g/mol. The Balaban J connectivity index is 1.56. The van der Waals surface area contributed by atoms with Crippen molar-refractivity contribution < 1.29 is 14.3 Å². The number of rotatable bonds is 4. The molecule has 1 aliphatic heterocycles. The van der Waals surface area contributed by atoms with Crippen LogP contribution in [-0.2, 0) is 6.61 Å². The molecular formula is C22H15Cl2NO3. The summed E-state index contributed by atoms with van der Waals surface area (Å²) < 4.78 is 11.8. The first-order valence-corrected chi connectivity index (χ1v) is 9.33. The molecule has 0 saturated carbocycles. The SMILES string of the molecule is Cc1c(OCc2ccc(Cl)c(Cl)c2)ccc2c1O/C(=C\c1ccncc1)C2=O. The van der Waals surface area contributed by atoms with Gasteiger partial charge in [0, 0.05) is 18.0 Å². The van der Waals surface area contributed by atoms with Gasteiger partial charge in [0.1, 0.15) is 18.1 Å². The second-order valence-electron chi connectivity index (χ2n) is 6.32. The van der Waals surface area contributed by atoms with E-state index in [0.717, 1.165) is 16.7 Å². The lowest BCUT2D eigenvalue weighted by atomic mass is 10.1. The van der Waals surface area contributed by atoms with Crippen molar-refractivity contribution in [1.82, 2.24) is 4.98 Å². The number of allylic oxidation sites excluding steroid dienone is 1. The third kappa shape index (κ3) is 3.61. The monoisotopic (exact) mass is 411 g/mol. The fourth-order valence-corrected chi connectivity index (χ4v) is 3.25. The molecule has 4 rings (SSSR count). The van der Waals surface area contributed by atoms with Crippen molar-refractivity contribution in [2.24, 2.45) is 0 Å². The number of carbonyl (C=O) groups excluding carboxylic acids is 1. The highest BCUT2D eigenvalue weighted by molar-refractivity contribution is 6.42. The summed E-state index contributed by atoms with van der Waals surface area (Å²) in [6, 6.07) is 12.5. The topological polar surface area (TPSA) is 48.4 Å². The fraction of sp³-hybridized carbons (Fsp3) is 0.0909. The number of ketones is 1. The molecular weight excluding hydrogens is 397 g/mol. The number of benzene rings is 2. The molecule has 6 heteroatoms. The molecule has 0 N–H and O–H groups in total. The van der Waals surface area contributed by atoms with Crippen molar-refractivity contribution in [2.45, 2.75) is 13.5 Å². The molecule has 0 bridgehead atoms. The summed E-state index contributed by atoms with van der Waals surface area (Å²) >= 11 is 12.0. The van der Waals surface area contributed by atoms with Gasteiger partial charge >= 0.3 is 0 Å². The molecule has 0 radical (unpaired) electrons. The minimum Gasteiger partial charge on any atom is -0.488 e. The molecule has 0 spiro atoms. The number of fused-ring (bicyclic) bond motifs is 1. The number of halogens is 2. The smallest absolute Gasteiger partial charge is 0.231 e. The van der Waals surface area contributed by atoms with Crippen molar-refractivity contribution in [1.29, 1.82) is 0 Å². The Bertz CT molecular complexity index is 1090. The first-order valence-electron chi connectivity index (χ1n) is 8.57. The highest BCUT2D eigenvalue weighted by Gasteiger charge is 2.30. The van der Waals surface area contributed by atoms with E-state index in [-0.39, 0.29) is 11.5 Å². The highest BCUT2D eigenvalue weighted by atomic mass is 35.5. The van der Waals surface area contributed by atoms with Crippen molar-refractivity contribution in [3.8, 4) is 11.5 Å². The molecule has 0 saturated heterocycles. The summed E-state index contributed by atoms with van der Waals surface area (Å²) in [5.41, 5.74) is 3.04. The predicted molar refractivity (Wildman–Crippen MR) is 109 cm³/mol. The third-order valence-electron chi connectivity index (χ3n) is 4.42. The summed E-state index contributed by atoms with van der Waals surface area (Å²) in [5, 5.41) is 0.979. The van der Waals surface area contributed by atoms with Gasteiger partial charge in [0.15, 0.2) is 5.76 Å². The zero-order chi connectivity index (χ0) is 19.7. The second kappa shape index (κ2) is 7.66. The van der Waals surface area contributed by atoms with E-state index in [4.69, 9.17) is 32.7 Å². The summed E-state index contributed by atoms with van der Waals surface area (Å²) in [5.74, 6) is 1.30. The number of hydrogen-bond acceptors (Lipinski definition) is 4. The number of carbonyl (C=O) groups is 1. The lowest BCUT2D eigenvalue weighted by Gasteiger charge is -2.12. The maximum absolute atomic E-state index is 12.6. The van der Waals surface area contributed by atoms with E-state index in [1.165, 1.54) is 0 Å². The van der Waals surface area contributed by atoms with Crippen LogP contribution in [0.1, 0.15) is 27.0 Å². The minimum absolute atomic E-state index is 0.147. The van der Waals surface area contributed by atoms with Gasteiger partial charge in [-0.25, -0.2) is 0 Å². The van der Waals surface area contributed by atoms with Crippen LogP contribution in [0.3, 0.4) is 0 Å². The summed E-state index contributed by atoms with van der Waals surface area (Å²) in [6.45, 7) is 2.19. The fourth-order valence-electron chi connectivity index (χ4n) is 2.93. The molecule has 1 aromatic heterocycles. The molecule has 4 nitrogen and oxygen atoms in total. The normalized spacial score (nSPS) is 14.1. The van der Waals surface area contributed by atoms with Gasteiger partial charge in [0.25, 0.3) is 0 Å². The van der Waals surface area contributed by atoms with Crippen molar-refractivity contribution in [3.63, 3.8) is 0 Å². The Labute approximate surface area is 172 Å². The molecule has 2 heterocycles. The zero-order valence-electron chi connectivity index (χ0n) is 14.9. The largest absolute Gasteiger partial charge is 0.488 e. The number of aromatic nitrogens is 1. The van der Waals surface area contributed by atoms with Crippen LogP contribution in [0.15, 0.2) is 60.6 Å². The predicted octanol–water partition coefficient (Wildman–Crippen LogP) is 5.89. The number of hydrogen-bond donors (Lipinski definition) is 0. The maximum Gasteiger partial charge on any atom is 0.231 e. The molecule has 0 unspecified atom stereocenters. The first-order chi connectivity index (χ1) is 13.5. The Morgan fingerprint density at radius 3 is 2.61 bits per heavy atom. The molecule has 28 heavy (non-hydrogen) atoms. The van der Waals surface area contributed by atoms with E-state index in [2.05, 4.69) is 4.98 Å². The van der Waals surface area contributed by atoms with Gasteiger partial charge in [-0.3, -0.25) is 9.78 Å². The molecule has 0 fully saturated rings. The lowest BCUT2D eigenvalue weighted by molar-refractivity contribution is 0.101. The highest BCUT2D eigenvalue weighted by Crippen LogP contribution is 2.39. The Hall–Kier alpha value is -2.82. The van der Waals surface area contributed by atoms with E-state index in [1.807, 2.05) is 25.1 Å². The molecule has 0 atom stereocenters. The zero-order valence-corrected chi connectivity index (χ0v) is 16.4. The van der Waals surface area contributed by atoms with Crippen LogP contribution in [0.25, 0.3) is 6.08 Å². The van der Waals surface area contributed by atoms with Gasteiger partial charge in [-0.15, -0.1) is 0 Å². The van der Waals surface area contributed by atoms with E-state index in [9.17, 15) is 4.79 Å². The molecule has 0 amide bonds. The molecule has 140 valence electrons. The maximum atomic E-state index is 12.6. The van der Waals surface area contributed by atoms with Crippen LogP contribution in [0.5, 0.6) is 11.5 Å². The van der Waals surface area contributed by atoms with E-state index >= 15 is 0 Å². The number of nitrogens with zero attached hydrogens (tertiary/aromatic N) is 1. The van der Waals surface area contributed by atoms with E-state index in [0.29, 0.717) is 33.7 Å². The van der Waals surface area contributed by atoms with Crippen LogP contribution >= 0.6 is 23.2 Å². The van der Waals surface area contributed by atoms with Crippen LogP contribution in [-0.4, -0.2) is 10.8 Å². The van der Waals surface area contributed by atoms with Crippen molar-refractivity contribution >= 4 is 35.1 Å². The van der Waals surface area contributed by atoms with Crippen molar-refractivity contribution in [3.05, 3.63) is 92.9 Å². The van der Waals surface area contributed by atoms with Crippen LogP contribution in [0, 0.1) is 6.92 Å². The summed E-state index contributed by atoms with van der Waals surface area (Å²) in [4.78, 5) is 16.6. The standard InChI is InChI=1S/C22H15Cl2NO3/c1-13-19(27-12-15-2-4-17(23)18(24)10-15)5-3-16-21(26)20(28-22(13)16)11-14-6-8-25-9-7-14/h2-11H,12H2,1H3/b20-11-.